The molecule has 2 atom stereocenters. The number of hydrogen-bond donors (Lipinski definition) is 3. The Kier molecular flexibility index (Phi) is 8.25. The number of carbonyl (C=O) groups is 1. The van der Waals surface area contributed by atoms with Gasteiger partial charge in [-0.2, -0.15) is 13.2 Å². The number of nitrogens with one attached hydrogen (secondary N) is 2. The van der Waals surface area contributed by atoms with Crippen molar-refractivity contribution in [2.24, 2.45) is 11.8 Å². The Morgan fingerprint density at radius 2 is 1.71 bits per heavy atom. The summed E-state index contributed by atoms with van der Waals surface area (Å²) in [6.07, 6.45) is -4.45. The van der Waals surface area contributed by atoms with Gasteiger partial charge in [-0.1, -0.05) is 45.0 Å². The lowest BCUT2D eigenvalue weighted by molar-refractivity contribution is -0.137. The highest BCUT2D eigenvalue weighted by molar-refractivity contribution is 5.95. The summed E-state index contributed by atoms with van der Waals surface area (Å²) in [4.78, 5) is 12.8. The number of nitrogens with zero attached hydrogens (tertiary/aromatic N) is 1. The van der Waals surface area contributed by atoms with Crippen molar-refractivity contribution in [3.8, 4) is 11.3 Å². The number of benzene rings is 1. The molecule has 0 bridgehead atoms. The maximum absolute atomic E-state index is 12.9. The number of hydrogen-bond acceptors (Lipinski definition) is 5. The van der Waals surface area contributed by atoms with E-state index in [0.717, 1.165) is 12.1 Å². The Hall–Kier alpha value is -2.39. The van der Waals surface area contributed by atoms with E-state index in [1.165, 1.54) is 12.1 Å². The molecule has 1 aromatic carbocycles. The van der Waals surface area contributed by atoms with Crippen LogP contribution in [0.1, 0.15) is 56.2 Å². The van der Waals surface area contributed by atoms with Crippen molar-refractivity contribution < 1.29 is 27.6 Å². The number of rotatable bonds is 9. The van der Waals surface area contributed by atoms with Crippen molar-refractivity contribution in [1.29, 1.82) is 0 Å². The van der Waals surface area contributed by atoms with Crippen LogP contribution in [0.5, 0.6) is 0 Å². The lowest BCUT2D eigenvalue weighted by atomic mass is 10.0. The first-order valence-electron chi connectivity index (χ1n) is 10.3. The number of alkyl halides is 3. The third-order valence-corrected chi connectivity index (χ3v) is 5.38. The minimum Gasteiger partial charge on any atom is -0.395 e. The molecule has 0 aliphatic rings. The zero-order chi connectivity index (χ0) is 23.3. The van der Waals surface area contributed by atoms with Crippen LogP contribution >= 0.6 is 0 Å². The van der Waals surface area contributed by atoms with Gasteiger partial charge < -0.3 is 20.3 Å². The Balaban J connectivity index is 2.41. The van der Waals surface area contributed by atoms with Gasteiger partial charge in [0.2, 0.25) is 0 Å². The van der Waals surface area contributed by atoms with Crippen molar-refractivity contribution in [1.82, 2.24) is 15.8 Å². The van der Waals surface area contributed by atoms with Crippen LogP contribution in [0.4, 0.5) is 13.2 Å². The Labute approximate surface area is 180 Å². The number of amides is 1. The Bertz CT molecular complexity index is 861. The fraction of sp³-hybridized carbons (Fsp3) is 0.545. The molecule has 1 aromatic heterocycles. The number of halogens is 3. The summed E-state index contributed by atoms with van der Waals surface area (Å²) >= 11 is 0. The fourth-order valence-electron chi connectivity index (χ4n) is 2.88. The number of carbonyl (C=O) groups excluding carboxylic acids is 1. The minimum absolute atomic E-state index is 0.0651. The van der Waals surface area contributed by atoms with Crippen molar-refractivity contribution >= 4 is 5.91 Å². The molecule has 1 heterocycles. The van der Waals surface area contributed by atoms with Gasteiger partial charge in [0.15, 0.2) is 11.5 Å². The van der Waals surface area contributed by atoms with Crippen LogP contribution in [0.3, 0.4) is 0 Å². The quantitative estimate of drug-likeness (QED) is 0.542. The molecular formula is C22H30F3N3O3. The van der Waals surface area contributed by atoms with E-state index in [1.54, 1.807) is 0 Å². The van der Waals surface area contributed by atoms with Gasteiger partial charge in [-0.3, -0.25) is 4.79 Å². The standard InChI is InChI=1S/C22H30F3N3O3/c1-12(2)14(5)27-21(30)19-17(10-26-18(11-29)13(3)4)20(31-28-19)15-6-8-16(9-7-15)22(23,24)25/h6-9,12-14,18,26,29H,10-11H2,1-5H3,(H,27,30)/t14-,18+/m0/s1. The SMILES string of the molecule is CC(C)[C@H](C)NC(=O)c1noc(-c2ccc(C(F)(F)F)cc2)c1CN[C@H](CO)C(C)C. The third-order valence-electron chi connectivity index (χ3n) is 5.38. The molecule has 0 radical (unpaired) electrons. The van der Waals surface area contributed by atoms with E-state index in [2.05, 4.69) is 15.8 Å². The number of aromatic nitrogens is 1. The largest absolute Gasteiger partial charge is 0.416 e. The molecule has 31 heavy (non-hydrogen) atoms. The molecule has 0 aliphatic carbocycles. The molecule has 2 aromatic rings. The maximum atomic E-state index is 12.9. The lowest BCUT2D eigenvalue weighted by Crippen LogP contribution is -2.38. The molecule has 0 saturated heterocycles. The van der Waals surface area contributed by atoms with Gasteiger partial charge in [0.25, 0.3) is 5.91 Å². The van der Waals surface area contributed by atoms with Crippen LogP contribution in [-0.2, 0) is 12.7 Å². The van der Waals surface area contributed by atoms with E-state index in [1.807, 2.05) is 34.6 Å². The average molecular weight is 441 g/mol. The van der Waals surface area contributed by atoms with Gasteiger partial charge in [-0.15, -0.1) is 0 Å². The molecule has 0 saturated carbocycles. The molecular weight excluding hydrogens is 411 g/mol. The second kappa shape index (κ2) is 10.3. The first-order valence-corrected chi connectivity index (χ1v) is 10.3. The van der Waals surface area contributed by atoms with Crippen LogP contribution in [0.25, 0.3) is 11.3 Å². The highest BCUT2D eigenvalue weighted by Gasteiger charge is 2.31. The van der Waals surface area contributed by atoms with Crippen molar-refractivity contribution in [3.05, 3.63) is 41.1 Å². The molecule has 6 nitrogen and oxygen atoms in total. The molecule has 0 aliphatic heterocycles. The second-order valence-corrected chi connectivity index (χ2v) is 8.33. The highest BCUT2D eigenvalue weighted by Crippen LogP contribution is 2.32. The molecule has 3 N–H and O–H groups in total. The lowest BCUT2D eigenvalue weighted by Gasteiger charge is -2.20. The van der Waals surface area contributed by atoms with E-state index < -0.39 is 17.6 Å². The van der Waals surface area contributed by atoms with Crippen LogP contribution in [0.2, 0.25) is 0 Å². The van der Waals surface area contributed by atoms with E-state index >= 15 is 0 Å². The Morgan fingerprint density at radius 1 is 1.10 bits per heavy atom. The monoisotopic (exact) mass is 441 g/mol. The van der Waals surface area contributed by atoms with Gasteiger partial charge in [0.1, 0.15) is 0 Å². The molecule has 172 valence electrons. The number of aliphatic hydroxyl groups is 1. The summed E-state index contributed by atoms with van der Waals surface area (Å²) < 4.78 is 44.1. The van der Waals surface area contributed by atoms with Gasteiger partial charge >= 0.3 is 6.18 Å². The van der Waals surface area contributed by atoms with Crippen molar-refractivity contribution in [2.45, 2.75) is 59.4 Å². The van der Waals surface area contributed by atoms with Crippen LogP contribution in [0, 0.1) is 11.8 Å². The van der Waals surface area contributed by atoms with Gasteiger partial charge in [-0.05, 0) is 30.9 Å². The molecule has 0 fully saturated rings. The Morgan fingerprint density at radius 3 is 2.19 bits per heavy atom. The van der Waals surface area contributed by atoms with Gasteiger partial charge in [0, 0.05) is 29.8 Å². The second-order valence-electron chi connectivity index (χ2n) is 8.33. The summed E-state index contributed by atoms with van der Waals surface area (Å²) in [5.74, 6) is 0.109. The predicted molar refractivity (Wildman–Crippen MR) is 111 cm³/mol. The average Bonchev–Trinajstić information content (AvgIpc) is 3.11. The van der Waals surface area contributed by atoms with Gasteiger partial charge in [0.05, 0.1) is 12.2 Å². The highest BCUT2D eigenvalue weighted by atomic mass is 19.4. The topological polar surface area (TPSA) is 87.4 Å². The van der Waals surface area contributed by atoms with E-state index in [-0.39, 0.29) is 48.5 Å². The summed E-state index contributed by atoms with van der Waals surface area (Å²) in [6.45, 7) is 9.74. The van der Waals surface area contributed by atoms with E-state index in [4.69, 9.17) is 4.52 Å². The van der Waals surface area contributed by atoms with Gasteiger partial charge in [-0.25, -0.2) is 0 Å². The summed E-state index contributed by atoms with van der Waals surface area (Å²) in [7, 11) is 0. The van der Waals surface area contributed by atoms with E-state index in [9.17, 15) is 23.1 Å². The smallest absolute Gasteiger partial charge is 0.395 e. The third kappa shape index (κ3) is 6.30. The fourth-order valence-corrected chi connectivity index (χ4v) is 2.88. The minimum atomic E-state index is -4.45. The predicted octanol–water partition coefficient (Wildman–Crippen LogP) is 4.24. The molecule has 2 rings (SSSR count). The van der Waals surface area contributed by atoms with Crippen LogP contribution in [-0.4, -0.2) is 34.9 Å². The zero-order valence-corrected chi connectivity index (χ0v) is 18.4. The molecule has 1 amide bonds. The zero-order valence-electron chi connectivity index (χ0n) is 18.4. The van der Waals surface area contributed by atoms with Crippen LogP contribution < -0.4 is 10.6 Å². The summed E-state index contributed by atoms with van der Waals surface area (Å²) in [6, 6.07) is 4.15. The summed E-state index contributed by atoms with van der Waals surface area (Å²) in [5, 5.41) is 19.5. The maximum Gasteiger partial charge on any atom is 0.416 e. The van der Waals surface area contributed by atoms with Crippen LogP contribution in [0.15, 0.2) is 28.8 Å². The molecule has 0 unspecified atom stereocenters. The first-order chi connectivity index (χ1) is 14.5. The summed E-state index contributed by atoms with van der Waals surface area (Å²) in [5.41, 5.74) is 0.0836. The van der Waals surface area contributed by atoms with E-state index in [0.29, 0.717) is 11.1 Å². The number of aliphatic hydroxyl groups excluding tert-OH is 1. The molecule has 0 spiro atoms. The normalized spacial score (nSPS) is 14.2. The van der Waals surface area contributed by atoms with Crippen molar-refractivity contribution in [2.75, 3.05) is 6.61 Å². The first kappa shape index (κ1) is 24.9. The molecule has 9 heteroatoms. The van der Waals surface area contributed by atoms with Crippen molar-refractivity contribution in [3.63, 3.8) is 0 Å².